The fourth-order valence-corrected chi connectivity index (χ4v) is 3.37. The molecule has 0 radical (unpaired) electrons. The molecule has 0 aliphatic carbocycles. The first-order valence-electron chi connectivity index (χ1n) is 6.80. The summed E-state index contributed by atoms with van der Waals surface area (Å²) >= 11 is 1.53. The van der Waals surface area contributed by atoms with Crippen molar-refractivity contribution in [2.45, 2.75) is 64.3 Å². The summed E-state index contributed by atoms with van der Waals surface area (Å²) in [6.45, 7) is 12.1. The van der Waals surface area contributed by atoms with Crippen LogP contribution in [-0.4, -0.2) is 33.9 Å². The van der Waals surface area contributed by atoms with Gasteiger partial charge in [-0.1, -0.05) is 13.8 Å². The molecule has 1 heterocycles. The molecule has 5 heteroatoms. The van der Waals surface area contributed by atoms with Crippen LogP contribution >= 0.6 is 11.8 Å². The van der Waals surface area contributed by atoms with E-state index in [0.717, 1.165) is 6.42 Å². The first kappa shape index (κ1) is 16.3. The summed E-state index contributed by atoms with van der Waals surface area (Å²) in [4.78, 5) is 24.1. The van der Waals surface area contributed by atoms with Crippen LogP contribution in [-0.2, 0) is 9.59 Å². The van der Waals surface area contributed by atoms with E-state index >= 15 is 0 Å². The van der Waals surface area contributed by atoms with Crippen molar-refractivity contribution in [3.8, 4) is 0 Å². The van der Waals surface area contributed by atoms with Crippen molar-refractivity contribution in [1.29, 1.82) is 0 Å². The Balaban J connectivity index is 2.58. The van der Waals surface area contributed by atoms with Crippen molar-refractivity contribution in [2.24, 2.45) is 5.92 Å². The van der Waals surface area contributed by atoms with Crippen LogP contribution in [0.2, 0.25) is 0 Å². The Morgan fingerprint density at radius 1 is 1.53 bits per heavy atom. The Morgan fingerprint density at radius 3 is 2.58 bits per heavy atom. The standard InChI is InChI=1S/C14H26N2O2S/c1-9(2)7-13(3,4)16-11(17)10-8-19-14(5,6)12(18)15-10/h9-10H,7-8H2,1-6H3,(H,15,18)(H,16,17)/t10-/m0/s1. The maximum Gasteiger partial charge on any atom is 0.243 e. The average Bonchev–Trinajstić information content (AvgIpc) is 2.19. The summed E-state index contributed by atoms with van der Waals surface area (Å²) in [5.41, 5.74) is -0.242. The van der Waals surface area contributed by atoms with Crippen LogP contribution in [0.5, 0.6) is 0 Å². The highest BCUT2D eigenvalue weighted by Gasteiger charge is 2.38. The first-order valence-corrected chi connectivity index (χ1v) is 7.79. The fraction of sp³-hybridized carbons (Fsp3) is 0.857. The molecule has 2 amide bonds. The van der Waals surface area contributed by atoms with E-state index in [4.69, 9.17) is 0 Å². The minimum absolute atomic E-state index is 0.0643. The lowest BCUT2D eigenvalue weighted by atomic mass is 9.92. The minimum Gasteiger partial charge on any atom is -0.349 e. The first-order chi connectivity index (χ1) is 8.53. The SMILES string of the molecule is CC(C)CC(C)(C)NC(=O)[C@@H]1CSC(C)(C)C(=O)N1. The van der Waals surface area contributed by atoms with Gasteiger partial charge in [0.1, 0.15) is 6.04 Å². The Bertz CT molecular complexity index is 364. The number of thioether (sulfide) groups is 1. The quantitative estimate of drug-likeness (QED) is 0.830. The molecule has 1 fully saturated rings. The van der Waals surface area contributed by atoms with Crippen LogP contribution in [0.3, 0.4) is 0 Å². The second-order valence-electron chi connectivity index (χ2n) is 6.82. The van der Waals surface area contributed by atoms with Gasteiger partial charge < -0.3 is 10.6 Å². The third kappa shape index (κ3) is 4.71. The van der Waals surface area contributed by atoms with E-state index in [1.807, 2.05) is 27.7 Å². The average molecular weight is 286 g/mol. The number of amides is 2. The van der Waals surface area contributed by atoms with Gasteiger partial charge in [-0.3, -0.25) is 9.59 Å². The molecule has 1 rings (SSSR count). The zero-order chi connectivity index (χ0) is 14.8. The van der Waals surface area contributed by atoms with E-state index in [2.05, 4.69) is 24.5 Å². The van der Waals surface area contributed by atoms with Gasteiger partial charge in [-0.15, -0.1) is 11.8 Å². The van der Waals surface area contributed by atoms with E-state index in [9.17, 15) is 9.59 Å². The molecular weight excluding hydrogens is 260 g/mol. The molecule has 0 aromatic rings. The lowest BCUT2D eigenvalue weighted by molar-refractivity contribution is -0.130. The van der Waals surface area contributed by atoms with E-state index in [1.165, 1.54) is 11.8 Å². The Morgan fingerprint density at radius 2 is 2.11 bits per heavy atom. The van der Waals surface area contributed by atoms with Gasteiger partial charge in [-0.25, -0.2) is 0 Å². The fourth-order valence-electron chi connectivity index (χ4n) is 2.36. The molecule has 2 N–H and O–H groups in total. The smallest absolute Gasteiger partial charge is 0.243 e. The molecule has 1 saturated heterocycles. The van der Waals surface area contributed by atoms with Crippen LogP contribution in [0.25, 0.3) is 0 Å². The molecule has 4 nitrogen and oxygen atoms in total. The predicted octanol–water partition coefficient (Wildman–Crippen LogP) is 1.94. The number of rotatable bonds is 4. The molecule has 0 aromatic heterocycles. The molecule has 1 aliphatic heterocycles. The van der Waals surface area contributed by atoms with Gasteiger partial charge >= 0.3 is 0 Å². The van der Waals surface area contributed by atoms with Crippen molar-refractivity contribution >= 4 is 23.6 Å². The number of carbonyl (C=O) groups excluding carboxylic acids is 2. The third-order valence-corrected chi connectivity index (χ3v) is 4.57. The zero-order valence-electron chi connectivity index (χ0n) is 12.8. The highest BCUT2D eigenvalue weighted by Crippen LogP contribution is 2.29. The van der Waals surface area contributed by atoms with E-state index in [0.29, 0.717) is 11.7 Å². The Labute approximate surface area is 120 Å². The lowest BCUT2D eigenvalue weighted by Crippen LogP contribution is -2.59. The molecule has 0 saturated carbocycles. The molecule has 0 unspecified atom stereocenters. The molecule has 19 heavy (non-hydrogen) atoms. The van der Waals surface area contributed by atoms with Gasteiger partial charge in [-0.05, 0) is 40.0 Å². The van der Waals surface area contributed by atoms with Gasteiger partial charge in [0.15, 0.2) is 0 Å². The van der Waals surface area contributed by atoms with Crippen molar-refractivity contribution < 1.29 is 9.59 Å². The highest BCUT2D eigenvalue weighted by molar-refractivity contribution is 8.01. The highest BCUT2D eigenvalue weighted by atomic mass is 32.2. The largest absolute Gasteiger partial charge is 0.349 e. The van der Waals surface area contributed by atoms with Crippen LogP contribution in [0, 0.1) is 5.92 Å². The second kappa shape index (κ2) is 5.73. The number of carbonyl (C=O) groups is 2. The summed E-state index contributed by atoms with van der Waals surface area (Å²) < 4.78 is -0.440. The van der Waals surface area contributed by atoms with E-state index in [1.54, 1.807) is 0 Å². The topological polar surface area (TPSA) is 58.2 Å². The van der Waals surface area contributed by atoms with Crippen molar-refractivity contribution in [2.75, 3.05) is 5.75 Å². The van der Waals surface area contributed by atoms with Crippen LogP contribution in [0.15, 0.2) is 0 Å². The van der Waals surface area contributed by atoms with Crippen molar-refractivity contribution in [1.82, 2.24) is 10.6 Å². The van der Waals surface area contributed by atoms with Crippen molar-refractivity contribution in [3.63, 3.8) is 0 Å². The van der Waals surface area contributed by atoms with Crippen LogP contribution in [0.1, 0.15) is 48.0 Å². The van der Waals surface area contributed by atoms with Crippen LogP contribution in [0.4, 0.5) is 0 Å². The summed E-state index contributed by atoms with van der Waals surface area (Å²) in [6.07, 6.45) is 0.915. The molecule has 110 valence electrons. The van der Waals surface area contributed by atoms with Gasteiger partial charge in [-0.2, -0.15) is 0 Å². The predicted molar refractivity (Wildman–Crippen MR) is 80.1 cm³/mol. The summed E-state index contributed by atoms with van der Waals surface area (Å²) in [5, 5.41) is 5.85. The molecule has 1 aliphatic rings. The van der Waals surface area contributed by atoms with Gasteiger partial charge in [0.2, 0.25) is 11.8 Å². The monoisotopic (exact) mass is 286 g/mol. The zero-order valence-corrected chi connectivity index (χ0v) is 13.6. The second-order valence-corrected chi connectivity index (χ2v) is 8.46. The number of nitrogens with one attached hydrogen (secondary N) is 2. The third-order valence-electron chi connectivity index (χ3n) is 3.16. The number of hydrogen-bond donors (Lipinski definition) is 2. The maximum absolute atomic E-state index is 12.2. The van der Waals surface area contributed by atoms with Crippen LogP contribution < -0.4 is 10.6 Å². The lowest BCUT2D eigenvalue weighted by Gasteiger charge is -2.35. The number of hydrogen-bond acceptors (Lipinski definition) is 3. The molecule has 0 spiro atoms. The molecular formula is C14H26N2O2S. The maximum atomic E-state index is 12.2. The van der Waals surface area contributed by atoms with Gasteiger partial charge in [0.25, 0.3) is 0 Å². The molecule has 0 aromatic carbocycles. The minimum atomic E-state index is -0.440. The summed E-state index contributed by atoms with van der Waals surface area (Å²) in [5.74, 6) is 1.000. The Kier molecular flexibility index (Phi) is 4.93. The van der Waals surface area contributed by atoms with Gasteiger partial charge in [0, 0.05) is 11.3 Å². The van der Waals surface area contributed by atoms with Crippen molar-refractivity contribution in [3.05, 3.63) is 0 Å². The van der Waals surface area contributed by atoms with Gasteiger partial charge in [0.05, 0.1) is 4.75 Å². The Hall–Kier alpha value is -0.710. The molecule has 0 bridgehead atoms. The summed E-state index contributed by atoms with van der Waals surface area (Å²) in [6, 6.07) is -0.419. The molecule has 1 atom stereocenters. The van der Waals surface area contributed by atoms with E-state index in [-0.39, 0.29) is 17.4 Å². The normalized spacial score (nSPS) is 23.1. The van der Waals surface area contributed by atoms with E-state index < -0.39 is 10.8 Å². The summed E-state index contributed by atoms with van der Waals surface area (Å²) in [7, 11) is 0.